The number of ether oxygens (including phenoxy) is 1. The van der Waals surface area contributed by atoms with E-state index in [1.165, 1.54) is 10.4 Å². The van der Waals surface area contributed by atoms with Gasteiger partial charge < -0.3 is 10.5 Å². The number of hydrogen-bond acceptors (Lipinski definition) is 4. The molecule has 0 radical (unpaired) electrons. The van der Waals surface area contributed by atoms with Gasteiger partial charge in [0.2, 0.25) is 0 Å². The Labute approximate surface area is 131 Å². The Hall–Kier alpha value is -1.73. The molecule has 1 aliphatic rings. The molecule has 7 heteroatoms. The number of nitrogens with two attached hydrogens (primary N) is 1. The van der Waals surface area contributed by atoms with Crippen molar-refractivity contribution in [3.63, 3.8) is 0 Å². The number of anilines is 2. The van der Waals surface area contributed by atoms with Gasteiger partial charge in [-0.3, -0.25) is 4.31 Å². The number of benzene rings is 2. The van der Waals surface area contributed by atoms with Crippen LogP contribution in [0.3, 0.4) is 0 Å². The second kappa shape index (κ2) is 5.23. The van der Waals surface area contributed by atoms with Crippen LogP contribution in [-0.2, 0) is 10.0 Å². The summed E-state index contributed by atoms with van der Waals surface area (Å²) >= 11 is 3.28. The molecule has 0 amide bonds. The van der Waals surface area contributed by atoms with Crippen molar-refractivity contribution in [3.05, 3.63) is 46.9 Å². The molecule has 3 rings (SSSR count). The lowest BCUT2D eigenvalue weighted by atomic mass is 10.2. The van der Waals surface area contributed by atoms with Gasteiger partial charge in [0.25, 0.3) is 10.0 Å². The van der Waals surface area contributed by atoms with Gasteiger partial charge in [-0.15, -0.1) is 0 Å². The van der Waals surface area contributed by atoms with Crippen LogP contribution in [0.25, 0.3) is 0 Å². The molecular formula is C14H13BrN2O3S. The molecule has 2 N–H and O–H groups in total. The average molecular weight is 369 g/mol. The van der Waals surface area contributed by atoms with Gasteiger partial charge in [0.1, 0.15) is 17.3 Å². The minimum atomic E-state index is -3.73. The fraction of sp³-hybridized carbons (Fsp3) is 0.143. The van der Waals surface area contributed by atoms with Crippen molar-refractivity contribution in [3.8, 4) is 5.75 Å². The molecule has 0 bridgehead atoms. The molecule has 0 saturated carbocycles. The Morgan fingerprint density at radius 2 is 1.95 bits per heavy atom. The highest BCUT2D eigenvalue weighted by atomic mass is 79.9. The van der Waals surface area contributed by atoms with E-state index in [0.29, 0.717) is 22.5 Å². The number of para-hydroxylation sites is 2. The minimum Gasteiger partial charge on any atom is -0.489 e. The van der Waals surface area contributed by atoms with Crippen molar-refractivity contribution in [1.82, 2.24) is 0 Å². The summed E-state index contributed by atoms with van der Waals surface area (Å²) < 4.78 is 33.3. The van der Waals surface area contributed by atoms with Gasteiger partial charge >= 0.3 is 0 Å². The number of nitrogens with zero attached hydrogens (tertiary/aromatic N) is 1. The highest BCUT2D eigenvalue weighted by molar-refractivity contribution is 9.10. The fourth-order valence-corrected chi connectivity index (χ4v) is 4.36. The monoisotopic (exact) mass is 368 g/mol. The molecule has 2 aromatic carbocycles. The first kappa shape index (κ1) is 14.2. The fourth-order valence-electron chi connectivity index (χ4n) is 2.24. The van der Waals surface area contributed by atoms with Crippen LogP contribution in [0.1, 0.15) is 0 Å². The van der Waals surface area contributed by atoms with Gasteiger partial charge in [0.05, 0.1) is 17.9 Å². The zero-order chi connectivity index (χ0) is 15.0. The molecule has 0 aliphatic carbocycles. The quantitative estimate of drug-likeness (QED) is 0.826. The van der Waals surface area contributed by atoms with Gasteiger partial charge in [0, 0.05) is 4.47 Å². The molecule has 21 heavy (non-hydrogen) atoms. The molecule has 1 aliphatic heterocycles. The standard InChI is InChI=1S/C14H13BrN2O3S/c15-10-5-6-11(16)14(9-10)21(18,19)17-7-8-20-13-4-2-1-3-12(13)17/h1-6,9H,7-8,16H2. The molecule has 1 heterocycles. The maximum absolute atomic E-state index is 12.9. The molecule has 0 aromatic heterocycles. The summed E-state index contributed by atoms with van der Waals surface area (Å²) in [7, 11) is -3.73. The van der Waals surface area contributed by atoms with E-state index in [1.54, 1.807) is 30.3 Å². The smallest absolute Gasteiger partial charge is 0.266 e. The third-order valence-electron chi connectivity index (χ3n) is 3.23. The number of nitrogen functional groups attached to an aromatic ring is 1. The van der Waals surface area contributed by atoms with Crippen LogP contribution in [0.2, 0.25) is 0 Å². The Morgan fingerprint density at radius 3 is 2.76 bits per heavy atom. The summed E-state index contributed by atoms with van der Waals surface area (Å²) in [5.41, 5.74) is 6.60. The van der Waals surface area contributed by atoms with Crippen LogP contribution in [0.5, 0.6) is 5.75 Å². The van der Waals surface area contributed by atoms with Crippen LogP contribution in [0.4, 0.5) is 11.4 Å². The van der Waals surface area contributed by atoms with Crippen LogP contribution >= 0.6 is 15.9 Å². The van der Waals surface area contributed by atoms with Gasteiger partial charge in [-0.25, -0.2) is 8.42 Å². The van der Waals surface area contributed by atoms with E-state index in [-0.39, 0.29) is 17.1 Å². The first-order valence-electron chi connectivity index (χ1n) is 6.30. The summed E-state index contributed by atoms with van der Waals surface area (Å²) in [6.45, 7) is 0.565. The summed E-state index contributed by atoms with van der Waals surface area (Å²) in [6.07, 6.45) is 0. The summed E-state index contributed by atoms with van der Waals surface area (Å²) in [5.74, 6) is 0.556. The summed E-state index contributed by atoms with van der Waals surface area (Å²) in [5, 5.41) is 0. The molecular weight excluding hydrogens is 356 g/mol. The third-order valence-corrected chi connectivity index (χ3v) is 5.59. The van der Waals surface area contributed by atoms with Crippen molar-refractivity contribution in [1.29, 1.82) is 0 Å². The molecule has 110 valence electrons. The largest absolute Gasteiger partial charge is 0.489 e. The lowest BCUT2D eigenvalue weighted by Crippen LogP contribution is -2.38. The van der Waals surface area contributed by atoms with Gasteiger partial charge in [-0.1, -0.05) is 28.1 Å². The van der Waals surface area contributed by atoms with Gasteiger partial charge in [-0.05, 0) is 30.3 Å². The molecule has 0 saturated heterocycles. The first-order chi connectivity index (χ1) is 10.00. The van der Waals surface area contributed by atoms with E-state index in [1.807, 2.05) is 6.07 Å². The SMILES string of the molecule is Nc1ccc(Br)cc1S(=O)(=O)N1CCOc2ccccc21. The van der Waals surface area contributed by atoms with Crippen LogP contribution < -0.4 is 14.8 Å². The predicted octanol–water partition coefficient (Wildman–Crippen LogP) is 2.62. The molecule has 0 unspecified atom stereocenters. The number of fused-ring (bicyclic) bond motifs is 1. The van der Waals surface area contributed by atoms with E-state index < -0.39 is 10.0 Å². The number of sulfonamides is 1. The Kier molecular flexibility index (Phi) is 3.54. The van der Waals surface area contributed by atoms with E-state index in [0.717, 1.165) is 0 Å². The van der Waals surface area contributed by atoms with E-state index >= 15 is 0 Å². The Balaban J connectivity index is 2.14. The van der Waals surface area contributed by atoms with E-state index in [9.17, 15) is 8.42 Å². The van der Waals surface area contributed by atoms with Crippen LogP contribution in [-0.4, -0.2) is 21.6 Å². The van der Waals surface area contributed by atoms with Crippen molar-refractivity contribution < 1.29 is 13.2 Å². The van der Waals surface area contributed by atoms with Gasteiger partial charge in [-0.2, -0.15) is 0 Å². The highest BCUT2D eigenvalue weighted by Gasteiger charge is 2.31. The normalized spacial score (nSPS) is 14.4. The maximum atomic E-state index is 12.9. The summed E-state index contributed by atoms with van der Waals surface area (Å²) in [4.78, 5) is 0.0913. The molecule has 0 atom stereocenters. The number of rotatable bonds is 2. The first-order valence-corrected chi connectivity index (χ1v) is 8.53. The van der Waals surface area contributed by atoms with E-state index in [2.05, 4.69) is 15.9 Å². The molecule has 0 spiro atoms. The third kappa shape index (κ3) is 2.47. The van der Waals surface area contributed by atoms with Gasteiger partial charge in [0.15, 0.2) is 0 Å². The van der Waals surface area contributed by atoms with Crippen molar-refractivity contribution in [2.24, 2.45) is 0 Å². The predicted molar refractivity (Wildman–Crippen MR) is 85.0 cm³/mol. The topological polar surface area (TPSA) is 72.6 Å². The van der Waals surface area contributed by atoms with Crippen LogP contribution in [0, 0.1) is 0 Å². The average Bonchev–Trinajstić information content (AvgIpc) is 2.49. The van der Waals surface area contributed by atoms with E-state index in [4.69, 9.17) is 10.5 Å². The van der Waals surface area contributed by atoms with Crippen molar-refractivity contribution in [2.45, 2.75) is 4.90 Å². The zero-order valence-electron chi connectivity index (χ0n) is 11.0. The summed E-state index contributed by atoms with van der Waals surface area (Å²) in [6, 6.07) is 11.9. The minimum absolute atomic E-state index is 0.0913. The lowest BCUT2D eigenvalue weighted by molar-refractivity contribution is 0.316. The zero-order valence-corrected chi connectivity index (χ0v) is 13.4. The number of halogens is 1. The Morgan fingerprint density at radius 1 is 1.19 bits per heavy atom. The number of hydrogen-bond donors (Lipinski definition) is 1. The lowest BCUT2D eigenvalue weighted by Gasteiger charge is -2.30. The highest BCUT2D eigenvalue weighted by Crippen LogP contribution is 2.36. The second-order valence-corrected chi connectivity index (χ2v) is 7.32. The van der Waals surface area contributed by atoms with Crippen molar-refractivity contribution >= 4 is 37.3 Å². The molecule has 0 fully saturated rings. The van der Waals surface area contributed by atoms with Crippen LogP contribution in [0.15, 0.2) is 51.8 Å². The Bertz CT molecular complexity index is 793. The van der Waals surface area contributed by atoms with Crippen molar-refractivity contribution in [2.75, 3.05) is 23.2 Å². The molecule has 5 nitrogen and oxygen atoms in total. The maximum Gasteiger partial charge on any atom is 0.266 e. The second-order valence-electron chi connectivity index (χ2n) is 4.58. The molecule has 2 aromatic rings.